The summed E-state index contributed by atoms with van der Waals surface area (Å²) < 4.78 is 2.62. The summed E-state index contributed by atoms with van der Waals surface area (Å²) in [5.41, 5.74) is 1.35. The molecule has 4 rings (SSSR count). The Kier molecular flexibility index (Phi) is 6.64. The lowest BCUT2D eigenvalue weighted by Crippen LogP contribution is -2.14. The summed E-state index contributed by atoms with van der Waals surface area (Å²) >= 11 is 6.04. The number of thioether (sulfide) groups is 1. The maximum Gasteiger partial charge on any atom is 0.236 e. The van der Waals surface area contributed by atoms with Gasteiger partial charge in [0.25, 0.3) is 0 Å². The standard InChI is InChI=1S/C20H17BrN6O2S2/c1-2-17-23-25-19(31-17)22-16(29)11-30-20-26-24-18(14-10-12(21)8-9-15(14)28)27(20)13-6-4-3-5-7-13/h3-10,28H,2,11H2,1H3,(H,22,25,29). The number of nitrogens with zero attached hydrogens (tertiary/aromatic N) is 5. The maximum atomic E-state index is 12.4. The van der Waals surface area contributed by atoms with Gasteiger partial charge in [-0.3, -0.25) is 14.7 Å². The number of rotatable bonds is 7. The highest BCUT2D eigenvalue weighted by Gasteiger charge is 2.20. The molecular weight excluding hydrogens is 500 g/mol. The van der Waals surface area contributed by atoms with Crippen LogP contribution in [0.1, 0.15) is 11.9 Å². The zero-order valence-corrected chi connectivity index (χ0v) is 19.5. The van der Waals surface area contributed by atoms with Gasteiger partial charge in [0.2, 0.25) is 11.0 Å². The Bertz CT molecular complexity index is 1210. The number of hydrogen-bond donors (Lipinski definition) is 2. The van der Waals surface area contributed by atoms with E-state index in [4.69, 9.17) is 0 Å². The van der Waals surface area contributed by atoms with Crippen molar-refractivity contribution in [3.05, 3.63) is 58.0 Å². The molecule has 0 aliphatic heterocycles. The van der Waals surface area contributed by atoms with E-state index in [1.165, 1.54) is 23.1 Å². The number of nitrogens with one attached hydrogen (secondary N) is 1. The largest absolute Gasteiger partial charge is 0.507 e. The third kappa shape index (κ3) is 4.94. The van der Waals surface area contributed by atoms with Crippen molar-refractivity contribution in [3.63, 3.8) is 0 Å². The summed E-state index contributed by atoms with van der Waals surface area (Å²) in [4.78, 5) is 12.4. The summed E-state index contributed by atoms with van der Waals surface area (Å²) in [6.07, 6.45) is 0.772. The van der Waals surface area contributed by atoms with Gasteiger partial charge in [0.05, 0.1) is 11.3 Å². The maximum absolute atomic E-state index is 12.4. The van der Waals surface area contributed by atoms with E-state index in [9.17, 15) is 9.90 Å². The predicted octanol–water partition coefficient (Wildman–Crippen LogP) is 4.55. The fourth-order valence-electron chi connectivity index (χ4n) is 2.77. The molecule has 2 aromatic carbocycles. The number of para-hydroxylation sites is 1. The van der Waals surface area contributed by atoms with Gasteiger partial charge in [0.15, 0.2) is 11.0 Å². The molecule has 0 fully saturated rings. The molecule has 31 heavy (non-hydrogen) atoms. The van der Waals surface area contributed by atoms with Gasteiger partial charge in [-0.2, -0.15) is 0 Å². The quantitative estimate of drug-likeness (QED) is 0.347. The Hall–Kier alpha value is -2.76. The first kappa shape index (κ1) is 21.5. The van der Waals surface area contributed by atoms with E-state index in [1.807, 2.05) is 41.8 Å². The van der Waals surface area contributed by atoms with Crippen LogP contribution in [0.2, 0.25) is 0 Å². The van der Waals surface area contributed by atoms with Crippen molar-refractivity contribution in [2.24, 2.45) is 0 Å². The molecule has 0 aliphatic rings. The average Bonchev–Trinajstić information content (AvgIpc) is 3.41. The van der Waals surface area contributed by atoms with Gasteiger partial charge in [-0.1, -0.05) is 64.2 Å². The Morgan fingerprint density at radius 2 is 1.97 bits per heavy atom. The Balaban J connectivity index is 1.61. The number of amides is 1. The molecule has 2 aromatic heterocycles. The van der Waals surface area contributed by atoms with Gasteiger partial charge in [-0.25, -0.2) is 0 Å². The Morgan fingerprint density at radius 3 is 2.71 bits per heavy atom. The molecule has 0 aliphatic carbocycles. The van der Waals surface area contributed by atoms with Crippen molar-refractivity contribution in [2.45, 2.75) is 18.5 Å². The topological polar surface area (TPSA) is 106 Å². The average molecular weight is 517 g/mol. The summed E-state index contributed by atoms with van der Waals surface area (Å²) in [6.45, 7) is 1.99. The van der Waals surface area contributed by atoms with E-state index >= 15 is 0 Å². The van der Waals surface area contributed by atoms with E-state index in [0.29, 0.717) is 21.7 Å². The number of aryl methyl sites for hydroxylation is 1. The summed E-state index contributed by atoms with van der Waals surface area (Å²) in [5, 5.41) is 31.6. The van der Waals surface area contributed by atoms with Crippen LogP contribution in [-0.4, -0.2) is 41.7 Å². The lowest BCUT2D eigenvalue weighted by atomic mass is 10.2. The van der Waals surface area contributed by atoms with Gasteiger partial charge in [0, 0.05) is 10.2 Å². The molecule has 8 nitrogen and oxygen atoms in total. The third-order valence-electron chi connectivity index (χ3n) is 4.20. The van der Waals surface area contributed by atoms with E-state index in [1.54, 1.807) is 18.2 Å². The highest BCUT2D eigenvalue weighted by Crippen LogP contribution is 2.34. The molecule has 0 radical (unpaired) electrons. The molecule has 0 saturated heterocycles. The van der Waals surface area contributed by atoms with Crippen LogP contribution in [0, 0.1) is 0 Å². The van der Waals surface area contributed by atoms with Gasteiger partial charge >= 0.3 is 0 Å². The molecule has 0 spiro atoms. The molecule has 0 unspecified atom stereocenters. The second-order valence-corrected chi connectivity index (χ2v) is 9.25. The minimum absolute atomic E-state index is 0.0880. The van der Waals surface area contributed by atoms with Crippen LogP contribution in [0.25, 0.3) is 17.1 Å². The zero-order chi connectivity index (χ0) is 21.8. The lowest BCUT2D eigenvalue weighted by molar-refractivity contribution is -0.113. The van der Waals surface area contributed by atoms with Gasteiger partial charge in [0.1, 0.15) is 10.8 Å². The number of aromatic nitrogens is 5. The first-order valence-electron chi connectivity index (χ1n) is 9.30. The van der Waals surface area contributed by atoms with Crippen LogP contribution < -0.4 is 5.32 Å². The van der Waals surface area contributed by atoms with Crippen molar-refractivity contribution in [1.29, 1.82) is 0 Å². The molecule has 0 bridgehead atoms. The fourth-order valence-corrected chi connectivity index (χ4v) is 4.58. The predicted molar refractivity (Wildman–Crippen MR) is 125 cm³/mol. The van der Waals surface area contributed by atoms with Gasteiger partial charge in [-0.15, -0.1) is 20.4 Å². The first-order valence-corrected chi connectivity index (χ1v) is 11.9. The lowest BCUT2D eigenvalue weighted by Gasteiger charge is -2.11. The van der Waals surface area contributed by atoms with E-state index in [0.717, 1.165) is 21.6 Å². The number of benzene rings is 2. The second-order valence-electron chi connectivity index (χ2n) is 6.33. The van der Waals surface area contributed by atoms with Crippen LogP contribution in [0.3, 0.4) is 0 Å². The third-order valence-corrected chi connectivity index (χ3v) is 6.60. The minimum Gasteiger partial charge on any atom is -0.507 e. The highest BCUT2D eigenvalue weighted by molar-refractivity contribution is 9.10. The van der Waals surface area contributed by atoms with Crippen LogP contribution in [0.5, 0.6) is 5.75 Å². The number of carbonyl (C=O) groups excluding carboxylic acids is 1. The van der Waals surface area contributed by atoms with Crippen molar-refractivity contribution >= 4 is 50.1 Å². The van der Waals surface area contributed by atoms with E-state index in [-0.39, 0.29) is 17.4 Å². The smallest absolute Gasteiger partial charge is 0.236 e. The molecule has 158 valence electrons. The van der Waals surface area contributed by atoms with Crippen molar-refractivity contribution in [3.8, 4) is 22.8 Å². The van der Waals surface area contributed by atoms with Crippen LogP contribution in [-0.2, 0) is 11.2 Å². The van der Waals surface area contributed by atoms with Crippen LogP contribution in [0.15, 0.2) is 58.2 Å². The molecule has 0 atom stereocenters. The molecule has 4 aromatic rings. The molecular formula is C20H17BrN6O2S2. The zero-order valence-electron chi connectivity index (χ0n) is 16.3. The van der Waals surface area contributed by atoms with Crippen molar-refractivity contribution in [1.82, 2.24) is 25.0 Å². The van der Waals surface area contributed by atoms with Crippen molar-refractivity contribution < 1.29 is 9.90 Å². The molecule has 2 heterocycles. The molecule has 0 saturated carbocycles. The fraction of sp³-hybridized carbons (Fsp3) is 0.150. The van der Waals surface area contributed by atoms with Crippen molar-refractivity contribution in [2.75, 3.05) is 11.1 Å². The number of hydrogen-bond acceptors (Lipinski definition) is 8. The second kappa shape index (κ2) is 9.58. The summed E-state index contributed by atoms with van der Waals surface area (Å²) in [5.74, 6) is 0.476. The number of aromatic hydroxyl groups is 1. The van der Waals surface area contributed by atoms with Gasteiger partial charge in [-0.05, 0) is 36.8 Å². The normalized spacial score (nSPS) is 10.9. The van der Waals surface area contributed by atoms with Gasteiger partial charge < -0.3 is 5.11 Å². The minimum atomic E-state index is -0.210. The highest BCUT2D eigenvalue weighted by atomic mass is 79.9. The number of anilines is 1. The number of halogens is 1. The Morgan fingerprint density at radius 1 is 1.16 bits per heavy atom. The molecule has 1 amide bonds. The SMILES string of the molecule is CCc1nnc(NC(=O)CSc2nnc(-c3cc(Br)ccc3O)n2-c2ccccc2)s1. The number of phenolic OH excluding ortho intramolecular Hbond substituents is 1. The first-order chi connectivity index (χ1) is 15.0. The summed E-state index contributed by atoms with van der Waals surface area (Å²) in [6, 6.07) is 14.7. The molecule has 11 heteroatoms. The van der Waals surface area contributed by atoms with Crippen LogP contribution in [0.4, 0.5) is 5.13 Å². The molecule has 2 N–H and O–H groups in total. The van der Waals surface area contributed by atoms with Crippen LogP contribution >= 0.6 is 39.0 Å². The Labute approximate surface area is 194 Å². The van der Waals surface area contributed by atoms with E-state index < -0.39 is 0 Å². The summed E-state index contributed by atoms with van der Waals surface area (Å²) in [7, 11) is 0. The number of phenols is 1. The number of carbonyl (C=O) groups is 1. The van der Waals surface area contributed by atoms with E-state index in [2.05, 4.69) is 41.6 Å². The monoisotopic (exact) mass is 516 g/mol.